The van der Waals surface area contributed by atoms with E-state index in [0.717, 1.165) is 17.7 Å². The van der Waals surface area contributed by atoms with Crippen LogP contribution in [0.1, 0.15) is 28.4 Å². The Morgan fingerprint density at radius 2 is 2.06 bits per heavy atom. The fourth-order valence-corrected chi connectivity index (χ4v) is 2.03. The highest BCUT2D eigenvalue weighted by Gasteiger charge is 2.13. The molecule has 1 aromatic carbocycles. The summed E-state index contributed by atoms with van der Waals surface area (Å²) >= 11 is 0. The number of carbonyl (C=O) groups excluding carboxylic acids is 1. The van der Waals surface area contributed by atoms with E-state index in [9.17, 15) is 4.79 Å². The van der Waals surface area contributed by atoms with Crippen molar-refractivity contribution in [2.24, 2.45) is 0 Å². The molecule has 0 heterocycles. The quantitative estimate of drug-likeness (QED) is 0.725. The zero-order valence-electron chi connectivity index (χ0n) is 12.0. The van der Waals surface area contributed by atoms with Crippen molar-refractivity contribution in [3.8, 4) is 0 Å². The molecule has 0 aliphatic rings. The molecule has 0 aromatic heterocycles. The first-order chi connectivity index (χ1) is 8.43. The minimum atomic E-state index is 0.141. The lowest BCUT2D eigenvalue weighted by Gasteiger charge is -2.20. The smallest absolute Gasteiger partial charge is 0.177 e. The molecule has 0 fully saturated rings. The Bertz CT molecular complexity index is 415. The van der Waals surface area contributed by atoms with Gasteiger partial charge >= 0.3 is 0 Å². The Hall–Kier alpha value is -1.19. The Kier molecular flexibility index (Phi) is 5.51. The van der Waals surface area contributed by atoms with Crippen molar-refractivity contribution < 1.29 is 9.53 Å². The van der Waals surface area contributed by atoms with Gasteiger partial charge in [-0.3, -0.25) is 9.69 Å². The summed E-state index contributed by atoms with van der Waals surface area (Å²) in [5.74, 6) is 0.165. The van der Waals surface area contributed by atoms with E-state index >= 15 is 0 Å². The van der Waals surface area contributed by atoms with Crippen LogP contribution in [0.2, 0.25) is 0 Å². The minimum absolute atomic E-state index is 0.141. The second-order valence-corrected chi connectivity index (χ2v) is 4.98. The predicted octanol–water partition coefficient (Wildman–Crippen LogP) is 2.45. The van der Waals surface area contributed by atoms with Crippen LogP contribution >= 0.6 is 0 Å². The van der Waals surface area contributed by atoms with E-state index in [1.165, 1.54) is 5.56 Å². The second-order valence-electron chi connectivity index (χ2n) is 4.98. The summed E-state index contributed by atoms with van der Waals surface area (Å²) in [6.45, 7) is 7.20. The maximum Gasteiger partial charge on any atom is 0.177 e. The third-order valence-electron chi connectivity index (χ3n) is 3.07. The van der Waals surface area contributed by atoms with Gasteiger partial charge in [0, 0.05) is 19.2 Å². The number of hydrogen-bond donors (Lipinski definition) is 0. The van der Waals surface area contributed by atoms with Crippen LogP contribution in [0.3, 0.4) is 0 Å². The number of rotatable bonds is 6. The molecule has 0 amide bonds. The van der Waals surface area contributed by atoms with E-state index in [-0.39, 0.29) is 11.9 Å². The van der Waals surface area contributed by atoms with E-state index in [0.29, 0.717) is 6.54 Å². The molecule has 0 saturated carbocycles. The normalized spacial score (nSPS) is 12.8. The first-order valence-corrected chi connectivity index (χ1v) is 6.25. The van der Waals surface area contributed by atoms with Crippen LogP contribution in [0.15, 0.2) is 18.2 Å². The SMILES string of the molecule is COC(C)CN(C)CC(=O)c1ccc(C)cc1C. The molecule has 1 unspecified atom stereocenters. The third kappa shape index (κ3) is 4.24. The van der Waals surface area contributed by atoms with Gasteiger partial charge in [0.05, 0.1) is 12.6 Å². The number of benzene rings is 1. The van der Waals surface area contributed by atoms with Gasteiger partial charge < -0.3 is 4.74 Å². The number of Topliss-reactive ketones (excluding diaryl/α,β-unsaturated/α-hetero) is 1. The fourth-order valence-electron chi connectivity index (χ4n) is 2.03. The van der Waals surface area contributed by atoms with Crippen molar-refractivity contribution in [3.63, 3.8) is 0 Å². The van der Waals surface area contributed by atoms with Gasteiger partial charge in [-0.2, -0.15) is 0 Å². The molecule has 0 N–H and O–H groups in total. The first-order valence-electron chi connectivity index (χ1n) is 6.25. The van der Waals surface area contributed by atoms with Gasteiger partial charge in [-0.05, 0) is 33.4 Å². The zero-order valence-corrected chi connectivity index (χ0v) is 12.0. The summed E-state index contributed by atoms with van der Waals surface area (Å²) < 4.78 is 5.19. The molecular weight excluding hydrogens is 226 g/mol. The van der Waals surface area contributed by atoms with E-state index in [1.54, 1.807) is 7.11 Å². The number of nitrogens with zero attached hydrogens (tertiary/aromatic N) is 1. The highest BCUT2D eigenvalue weighted by atomic mass is 16.5. The standard InChI is InChI=1S/C15H23NO2/c1-11-6-7-14(12(2)8-11)15(17)10-16(4)9-13(3)18-5/h6-8,13H,9-10H2,1-5H3. The molecule has 0 aliphatic carbocycles. The van der Waals surface area contributed by atoms with Crippen molar-refractivity contribution in [1.29, 1.82) is 0 Å². The predicted molar refractivity (Wildman–Crippen MR) is 74.2 cm³/mol. The highest BCUT2D eigenvalue weighted by Crippen LogP contribution is 2.11. The number of ether oxygens (including phenoxy) is 1. The molecule has 0 saturated heterocycles. The van der Waals surface area contributed by atoms with Crippen molar-refractivity contribution in [3.05, 3.63) is 34.9 Å². The van der Waals surface area contributed by atoms with Crippen LogP contribution in [-0.4, -0.2) is 44.0 Å². The number of ketones is 1. The van der Waals surface area contributed by atoms with Crippen LogP contribution in [0.25, 0.3) is 0 Å². The van der Waals surface area contributed by atoms with Crippen LogP contribution < -0.4 is 0 Å². The minimum Gasteiger partial charge on any atom is -0.380 e. The molecule has 0 bridgehead atoms. The van der Waals surface area contributed by atoms with Crippen molar-refractivity contribution in [2.75, 3.05) is 27.2 Å². The molecule has 18 heavy (non-hydrogen) atoms. The molecule has 1 aromatic rings. The summed E-state index contributed by atoms with van der Waals surface area (Å²) in [6, 6.07) is 5.95. The Morgan fingerprint density at radius 3 is 2.61 bits per heavy atom. The zero-order chi connectivity index (χ0) is 13.7. The summed E-state index contributed by atoms with van der Waals surface area (Å²) in [7, 11) is 3.63. The average molecular weight is 249 g/mol. The Labute approximate surface area is 110 Å². The molecule has 1 rings (SSSR count). The van der Waals surface area contributed by atoms with Crippen LogP contribution in [0, 0.1) is 13.8 Å². The van der Waals surface area contributed by atoms with E-state index in [4.69, 9.17) is 4.74 Å². The topological polar surface area (TPSA) is 29.5 Å². The number of carbonyl (C=O) groups is 1. The number of methoxy groups -OCH3 is 1. The maximum atomic E-state index is 12.2. The van der Waals surface area contributed by atoms with Crippen molar-refractivity contribution in [2.45, 2.75) is 26.9 Å². The van der Waals surface area contributed by atoms with Gasteiger partial charge in [0.2, 0.25) is 0 Å². The molecule has 3 nitrogen and oxygen atoms in total. The van der Waals surface area contributed by atoms with E-state index in [1.807, 2.05) is 50.9 Å². The summed E-state index contributed by atoms with van der Waals surface area (Å²) in [5, 5.41) is 0. The third-order valence-corrected chi connectivity index (χ3v) is 3.07. The van der Waals surface area contributed by atoms with E-state index in [2.05, 4.69) is 0 Å². The van der Waals surface area contributed by atoms with Crippen LogP contribution in [0.4, 0.5) is 0 Å². The highest BCUT2D eigenvalue weighted by molar-refractivity contribution is 5.98. The molecule has 1 atom stereocenters. The van der Waals surface area contributed by atoms with Crippen molar-refractivity contribution >= 4 is 5.78 Å². The molecular formula is C15H23NO2. The number of hydrogen-bond acceptors (Lipinski definition) is 3. The van der Waals surface area contributed by atoms with Gasteiger partial charge in [-0.1, -0.05) is 23.8 Å². The van der Waals surface area contributed by atoms with Crippen LogP contribution in [0.5, 0.6) is 0 Å². The van der Waals surface area contributed by atoms with Crippen LogP contribution in [-0.2, 0) is 4.74 Å². The fraction of sp³-hybridized carbons (Fsp3) is 0.533. The van der Waals surface area contributed by atoms with Gasteiger partial charge in [-0.25, -0.2) is 0 Å². The van der Waals surface area contributed by atoms with Gasteiger partial charge in [0.1, 0.15) is 0 Å². The molecule has 3 heteroatoms. The summed E-state index contributed by atoms with van der Waals surface area (Å²) in [5.41, 5.74) is 3.05. The molecule has 0 aliphatic heterocycles. The summed E-state index contributed by atoms with van der Waals surface area (Å²) in [4.78, 5) is 14.2. The van der Waals surface area contributed by atoms with E-state index < -0.39 is 0 Å². The first kappa shape index (κ1) is 14.9. The van der Waals surface area contributed by atoms with Gasteiger partial charge in [0.25, 0.3) is 0 Å². The molecule has 0 spiro atoms. The summed E-state index contributed by atoms with van der Waals surface area (Å²) in [6.07, 6.45) is 0.141. The molecule has 0 radical (unpaired) electrons. The Morgan fingerprint density at radius 1 is 1.39 bits per heavy atom. The van der Waals surface area contributed by atoms with Gasteiger partial charge in [-0.15, -0.1) is 0 Å². The second kappa shape index (κ2) is 6.66. The van der Waals surface area contributed by atoms with Crippen molar-refractivity contribution in [1.82, 2.24) is 4.90 Å². The largest absolute Gasteiger partial charge is 0.380 e. The lowest BCUT2D eigenvalue weighted by molar-refractivity contribution is 0.0765. The number of likely N-dealkylation sites (N-methyl/N-ethyl adjacent to an activating group) is 1. The number of aryl methyl sites for hydroxylation is 2. The lowest BCUT2D eigenvalue weighted by atomic mass is 10.0. The Balaban J connectivity index is 2.65. The lowest BCUT2D eigenvalue weighted by Crippen LogP contribution is -2.33. The maximum absolute atomic E-state index is 12.2. The van der Waals surface area contributed by atoms with Gasteiger partial charge in [0.15, 0.2) is 5.78 Å². The monoisotopic (exact) mass is 249 g/mol. The molecule has 100 valence electrons. The average Bonchev–Trinajstić information content (AvgIpc) is 2.28.